The van der Waals surface area contributed by atoms with Gasteiger partial charge in [-0.1, -0.05) is 29.3 Å². The molecule has 6 nitrogen and oxygen atoms in total. The van der Waals surface area contributed by atoms with Crippen LogP contribution in [0.15, 0.2) is 41.3 Å². The molecule has 1 saturated carbocycles. The van der Waals surface area contributed by atoms with Crippen LogP contribution in [0.5, 0.6) is 5.75 Å². The van der Waals surface area contributed by atoms with Crippen LogP contribution in [0, 0.1) is 5.92 Å². The molecular formula is C23H28Cl2N2O4S. The molecule has 0 aromatic heterocycles. The van der Waals surface area contributed by atoms with E-state index in [0.29, 0.717) is 18.0 Å². The summed E-state index contributed by atoms with van der Waals surface area (Å²) in [6.07, 6.45) is 2.22. The number of carbonyl (C=O) groups is 1. The van der Waals surface area contributed by atoms with E-state index in [1.54, 1.807) is 11.0 Å². The summed E-state index contributed by atoms with van der Waals surface area (Å²) in [5.41, 5.74) is 1.47. The van der Waals surface area contributed by atoms with Crippen LogP contribution in [0.25, 0.3) is 0 Å². The van der Waals surface area contributed by atoms with Gasteiger partial charge < -0.3 is 14.0 Å². The molecule has 2 aromatic carbocycles. The van der Waals surface area contributed by atoms with E-state index < -0.39 is 10.1 Å². The van der Waals surface area contributed by atoms with E-state index >= 15 is 0 Å². The Bertz CT molecular complexity index is 1080. The molecule has 0 spiro atoms. The Balaban J connectivity index is 1.98. The topological polar surface area (TPSA) is 66.9 Å². The Labute approximate surface area is 200 Å². The zero-order chi connectivity index (χ0) is 23.5. The minimum atomic E-state index is -4.16. The minimum absolute atomic E-state index is 0.0528. The van der Waals surface area contributed by atoms with Crippen molar-refractivity contribution in [3.63, 3.8) is 0 Å². The highest BCUT2D eigenvalue weighted by molar-refractivity contribution is 7.87. The molecule has 0 heterocycles. The van der Waals surface area contributed by atoms with Crippen molar-refractivity contribution in [2.75, 3.05) is 24.5 Å². The fraction of sp³-hybridized carbons (Fsp3) is 0.435. The van der Waals surface area contributed by atoms with E-state index in [4.69, 9.17) is 27.4 Å². The van der Waals surface area contributed by atoms with E-state index in [1.165, 1.54) is 25.1 Å². The van der Waals surface area contributed by atoms with Crippen LogP contribution < -0.4 is 9.08 Å². The van der Waals surface area contributed by atoms with Gasteiger partial charge in [0.2, 0.25) is 5.91 Å². The first-order chi connectivity index (χ1) is 15.1. The third kappa shape index (κ3) is 6.09. The molecule has 1 aliphatic carbocycles. The maximum Gasteiger partial charge on any atom is 0.339 e. The number of rotatable bonds is 10. The van der Waals surface area contributed by atoms with Crippen molar-refractivity contribution in [1.82, 2.24) is 4.90 Å². The summed E-state index contributed by atoms with van der Waals surface area (Å²) in [5, 5.41) is 0.382. The van der Waals surface area contributed by atoms with Gasteiger partial charge in [-0.2, -0.15) is 8.42 Å². The maximum atomic E-state index is 13.0. The second-order valence-corrected chi connectivity index (χ2v) is 10.3. The molecule has 0 aliphatic heterocycles. The van der Waals surface area contributed by atoms with Gasteiger partial charge in [0.25, 0.3) is 0 Å². The van der Waals surface area contributed by atoms with Crippen LogP contribution in [0.3, 0.4) is 0 Å². The Morgan fingerprint density at radius 3 is 2.31 bits per heavy atom. The third-order valence-corrected chi connectivity index (χ3v) is 7.51. The van der Waals surface area contributed by atoms with Crippen molar-refractivity contribution in [1.29, 1.82) is 0 Å². The predicted molar refractivity (Wildman–Crippen MR) is 128 cm³/mol. The normalized spacial score (nSPS) is 13.7. The molecule has 1 amide bonds. The van der Waals surface area contributed by atoms with E-state index in [2.05, 4.69) is 4.90 Å². The van der Waals surface area contributed by atoms with Gasteiger partial charge in [0.15, 0.2) is 0 Å². The highest BCUT2D eigenvalue weighted by Gasteiger charge is 2.27. The summed E-state index contributed by atoms with van der Waals surface area (Å²) in [6, 6.07) is 9.51. The number of anilines is 1. The fourth-order valence-corrected chi connectivity index (χ4v) is 4.81. The van der Waals surface area contributed by atoms with Gasteiger partial charge in [-0.05, 0) is 56.9 Å². The summed E-state index contributed by atoms with van der Waals surface area (Å²) in [7, 11) is -4.16. The predicted octanol–water partition coefficient (Wildman–Crippen LogP) is 5.37. The Morgan fingerprint density at radius 1 is 1.06 bits per heavy atom. The van der Waals surface area contributed by atoms with Crippen LogP contribution in [0.4, 0.5) is 5.69 Å². The van der Waals surface area contributed by atoms with Crippen LogP contribution in [-0.2, 0) is 21.5 Å². The standard InChI is InChI=1S/C23H28Cl2N2O4S/c1-4-26(5-2)19-9-8-18(15-27(16(3)28)14-17-6-7-17)23(12-19)31-32(29,30)20-10-11-21(24)22(25)13-20/h8-13,17H,4-7,14-15H2,1-3H3. The maximum absolute atomic E-state index is 13.0. The molecule has 0 bridgehead atoms. The number of nitrogens with zero attached hydrogens (tertiary/aromatic N) is 2. The second kappa shape index (κ2) is 10.3. The minimum Gasteiger partial charge on any atom is -0.379 e. The lowest BCUT2D eigenvalue weighted by Gasteiger charge is -2.25. The lowest BCUT2D eigenvalue weighted by Crippen LogP contribution is -2.30. The van der Waals surface area contributed by atoms with Crippen LogP contribution in [0.1, 0.15) is 39.2 Å². The SMILES string of the molecule is CCN(CC)c1ccc(CN(CC2CC2)C(C)=O)c(OS(=O)(=O)c2ccc(Cl)c(Cl)c2)c1. The first kappa shape index (κ1) is 24.7. The Kier molecular flexibility index (Phi) is 7.96. The summed E-state index contributed by atoms with van der Waals surface area (Å²) in [4.78, 5) is 15.9. The fourth-order valence-electron chi connectivity index (χ4n) is 3.46. The largest absolute Gasteiger partial charge is 0.379 e. The summed E-state index contributed by atoms with van der Waals surface area (Å²) in [5.74, 6) is 0.656. The molecule has 0 unspecified atom stereocenters. The monoisotopic (exact) mass is 498 g/mol. The zero-order valence-electron chi connectivity index (χ0n) is 18.5. The summed E-state index contributed by atoms with van der Waals surface area (Å²) >= 11 is 11.9. The van der Waals surface area contributed by atoms with Gasteiger partial charge in [-0.15, -0.1) is 0 Å². The van der Waals surface area contributed by atoms with E-state index in [0.717, 1.165) is 31.6 Å². The lowest BCUT2D eigenvalue weighted by atomic mass is 10.1. The summed E-state index contributed by atoms with van der Waals surface area (Å²) in [6.45, 7) is 8.03. The molecule has 32 heavy (non-hydrogen) atoms. The van der Waals surface area contributed by atoms with Crippen molar-refractivity contribution in [2.24, 2.45) is 5.92 Å². The quantitative estimate of drug-likeness (QED) is 0.412. The molecule has 2 aromatic rings. The van der Waals surface area contributed by atoms with Gasteiger partial charge in [0, 0.05) is 50.4 Å². The number of amides is 1. The van der Waals surface area contributed by atoms with E-state index in [9.17, 15) is 13.2 Å². The van der Waals surface area contributed by atoms with Crippen molar-refractivity contribution < 1.29 is 17.4 Å². The molecular weight excluding hydrogens is 471 g/mol. The van der Waals surface area contributed by atoms with E-state index in [1.807, 2.05) is 26.0 Å². The zero-order valence-corrected chi connectivity index (χ0v) is 20.8. The molecule has 174 valence electrons. The number of carbonyl (C=O) groups excluding carboxylic acids is 1. The first-order valence-corrected chi connectivity index (χ1v) is 12.8. The van der Waals surface area contributed by atoms with E-state index in [-0.39, 0.29) is 33.1 Å². The molecule has 1 fully saturated rings. The first-order valence-electron chi connectivity index (χ1n) is 10.7. The van der Waals surface area contributed by atoms with Crippen molar-refractivity contribution in [2.45, 2.75) is 45.1 Å². The second-order valence-electron chi connectivity index (χ2n) is 7.92. The third-order valence-electron chi connectivity index (χ3n) is 5.54. The van der Waals surface area contributed by atoms with Crippen molar-refractivity contribution >= 4 is 44.9 Å². The van der Waals surface area contributed by atoms with Gasteiger partial charge >= 0.3 is 10.1 Å². The summed E-state index contributed by atoms with van der Waals surface area (Å²) < 4.78 is 31.7. The Hall–Kier alpha value is -1.96. The molecule has 0 saturated heterocycles. The number of halogens is 2. The van der Waals surface area contributed by atoms with Crippen LogP contribution in [-0.4, -0.2) is 38.9 Å². The highest BCUT2D eigenvalue weighted by Crippen LogP contribution is 2.34. The molecule has 3 rings (SSSR count). The van der Waals surface area contributed by atoms with Crippen molar-refractivity contribution in [3.05, 3.63) is 52.0 Å². The number of benzene rings is 2. The molecule has 0 radical (unpaired) electrons. The van der Waals surface area contributed by atoms with Crippen molar-refractivity contribution in [3.8, 4) is 5.75 Å². The van der Waals surface area contributed by atoms with Crippen LogP contribution in [0.2, 0.25) is 10.0 Å². The average Bonchev–Trinajstić information content (AvgIpc) is 3.55. The molecule has 1 aliphatic rings. The van der Waals surface area contributed by atoms with Gasteiger partial charge in [0.1, 0.15) is 10.6 Å². The van der Waals surface area contributed by atoms with Gasteiger partial charge in [0.05, 0.1) is 10.0 Å². The van der Waals surface area contributed by atoms with Gasteiger partial charge in [-0.3, -0.25) is 4.79 Å². The lowest BCUT2D eigenvalue weighted by molar-refractivity contribution is -0.129. The molecule has 0 N–H and O–H groups in total. The smallest absolute Gasteiger partial charge is 0.339 e. The molecule has 0 atom stereocenters. The molecule has 9 heteroatoms. The van der Waals surface area contributed by atoms with Gasteiger partial charge in [-0.25, -0.2) is 0 Å². The Morgan fingerprint density at radius 2 is 1.75 bits per heavy atom. The number of hydrogen-bond donors (Lipinski definition) is 0. The highest BCUT2D eigenvalue weighted by atomic mass is 35.5. The van der Waals surface area contributed by atoms with Crippen LogP contribution >= 0.6 is 23.2 Å². The average molecular weight is 499 g/mol. The number of hydrogen-bond acceptors (Lipinski definition) is 5.